The number of esters is 1. The molecule has 1 aliphatic rings. The summed E-state index contributed by atoms with van der Waals surface area (Å²) in [6.07, 6.45) is 41.5. The largest absolute Gasteiger partial charge is 0.472 e. The molecule has 1 aliphatic carbocycles. The van der Waals surface area contributed by atoms with Gasteiger partial charge in [-0.2, -0.15) is 0 Å². The molecule has 13 heteroatoms. The second kappa shape index (κ2) is 41.0. The van der Waals surface area contributed by atoms with Gasteiger partial charge < -0.3 is 39.9 Å². The van der Waals surface area contributed by atoms with Gasteiger partial charge in [-0.3, -0.25) is 13.8 Å². The van der Waals surface area contributed by atoms with Crippen LogP contribution in [-0.2, 0) is 27.9 Å². The lowest BCUT2D eigenvalue weighted by Gasteiger charge is -2.41. The number of phosphoric ester groups is 1. The summed E-state index contributed by atoms with van der Waals surface area (Å²) in [6.45, 7) is 4.04. The van der Waals surface area contributed by atoms with Crippen molar-refractivity contribution in [2.75, 3.05) is 19.8 Å². The average molecular weight is 925 g/mol. The van der Waals surface area contributed by atoms with Crippen molar-refractivity contribution in [3.8, 4) is 0 Å². The van der Waals surface area contributed by atoms with Crippen molar-refractivity contribution < 1.29 is 58.3 Å². The minimum atomic E-state index is -5.05. The minimum absolute atomic E-state index is 0.0490. The van der Waals surface area contributed by atoms with Crippen LogP contribution in [0.2, 0.25) is 0 Å². The molecule has 0 spiro atoms. The quantitative estimate of drug-likeness (QED) is 0.0147. The van der Waals surface area contributed by atoms with E-state index in [4.69, 9.17) is 18.5 Å². The molecule has 0 radical (unpaired) electrons. The van der Waals surface area contributed by atoms with Crippen LogP contribution in [0, 0.1) is 0 Å². The topological polar surface area (TPSA) is 192 Å². The molecule has 6 atom stereocenters. The van der Waals surface area contributed by atoms with Crippen molar-refractivity contribution in [1.82, 2.24) is 0 Å². The van der Waals surface area contributed by atoms with Gasteiger partial charge in [-0.25, -0.2) is 4.57 Å². The van der Waals surface area contributed by atoms with Crippen LogP contribution in [0.15, 0.2) is 72.9 Å². The highest BCUT2D eigenvalue weighted by Gasteiger charge is 2.51. The summed E-state index contributed by atoms with van der Waals surface area (Å²) in [5, 5.41) is 50.2. The van der Waals surface area contributed by atoms with Crippen LogP contribution >= 0.6 is 7.82 Å². The molecule has 1 rings (SSSR count). The first kappa shape index (κ1) is 59.8. The summed E-state index contributed by atoms with van der Waals surface area (Å²) in [6, 6.07) is 0. The summed E-state index contributed by atoms with van der Waals surface area (Å²) in [5.41, 5.74) is 0. The molecule has 0 aliphatic heterocycles. The number of rotatable bonds is 41. The lowest BCUT2D eigenvalue weighted by Crippen LogP contribution is -2.64. The normalized spacial score (nSPS) is 22.3. The molecule has 6 N–H and O–H groups in total. The molecule has 6 unspecified atom stereocenters. The number of carbonyl (C=O) groups is 1. The van der Waals surface area contributed by atoms with E-state index in [1.807, 2.05) is 18.2 Å². The molecule has 1 saturated carbocycles. The van der Waals surface area contributed by atoms with Crippen LogP contribution < -0.4 is 0 Å². The van der Waals surface area contributed by atoms with Crippen LogP contribution in [0.3, 0.4) is 0 Å². The number of aliphatic hydroxyl groups is 5. The summed E-state index contributed by atoms with van der Waals surface area (Å²) < 4.78 is 34.1. The van der Waals surface area contributed by atoms with Gasteiger partial charge in [-0.1, -0.05) is 183 Å². The first-order valence-corrected chi connectivity index (χ1v) is 26.3. The number of phosphoric acid groups is 1. The Morgan fingerprint density at radius 1 is 0.516 bits per heavy atom. The molecule has 12 nitrogen and oxygen atoms in total. The summed E-state index contributed by atoms with van der Waals surface area (Å²) in [5.74, 6) is -0.605. The Labute approximate surface area is 387 Å². The van der Waals surface area contributed by atoms with E-state index in [-0.39, 0.29) is 13.0 Å². The second-order valence-corrected chi connectivity index (χ2v) is 18.4. The number of unbranched alkanes of at least 4 members (excludes halogenated alkanes) is 18. The van der Waals surface area contributed by atoms with Crippen LogP contribution in [0.5, 0.6) is 0 Å². The van der Waals surface area contributed by atoms with E-state index in [0.29, 0.717) is 13.0 Å². The highest BCUT2D eigenvalue weighted by atomic mass is 31.2. The summed E-state index contributed by atoms with van der Waals surface area (Å²) in [7, 11) is -5.05. The molecular weight excluding hydrogens is 836 g/mol. The Bertz CT molecular complexity index is 1330. The van der Waals surface area contributed by atoms with Gasteiger partial charge >= 0.3 is 13.8 Å². The average Bonchev–Trinajstić information content (AvgIpc) is 3.28. The van der Waals surface area contributed by atoms with Gasteiger partial charge in [-0.15, -0.1) is 0 Å². The van der Waals surface area contributed by atoms with Gasteiger partial charge in [0.1, 0.15) is 42.7 Å². The second-order valence-electron chi connectivity index (χ2n) is 16.9. The number of aliphatic hydroxyl groups excluding tert-OH is 5. The fourth-order valence-corrected chi connectivity index (χ4v) is 8.16. The van der Waals surface area contributed by atoms with Gasteiger partial charge in [0.05, 0.1) is 19.6 Å². The van der Waals surface area contributed by atoms with Crippen molar-refractivity contribution in [2.45, 2.75) is 224 Å². The van der Waals surface area contributed by atoms with Crippen molar-refractivity contribution in [1.29, 1.82) is 0 Å². The van der Waals surface area contributed by atoms with E-state index >= 15 is 0 Å². The Hall–Kier alpha value is -2.22. The van der Waals surface area contributed by atoms with Crippen molar-refractivity contribution in [3.63, 3.8) is 0 Å². The zero-order chi connectivity index (χ0) is 46.9. The maximum Gasteiger partial charge on any atom is 0.472 e. The highest BCUT2D eigenvalue weighted by molar-refractivity contribution is 7.47. The third-order valence-electron chi connectivity index (χ3n) is 11.1. The zero-order valence-corrected chi connectivity index (χ0v) is 40.5. The van der Waals surface area contributed by atoms with E-state index in [9.17, 15) is 39.8 Å². The predicted octanol–water partition coefficient (Wildman–Crippen LogP) is 10.8. The molecule has 0 aromatic heterocycles. The van der Waals surface area contributed by atoms with Crippen LogP contribution in [0.25, 0.3) is 0 Å². The van der Waals surface area contributed by atoms with Crippen molar-refractivity contribution in [2.24, 2.45) is 0 Å². The molecule has 0 aromatic carbocycles. The van der Waals surface area contributed by atoms with Gasteiger partial charge in [0, 0.05) is 6.61 Å². The smallest absolute Gasteiger partial charge is 0.457 e. The molecular formula is C51H89O12P. The van der Waals surface area contributed by atoms with E-state index < -0.39 is 63.1 Å². The zero-order valence-electron chi connectivity index (χ0n) is 39.6. The lowest BCUT2D eigenvalue weighted by molar-refractivity contribution is -0.220. The number of allylic oxidation sites excluding steroid dienone is 11. The third-order valence-corrected chi connectivity index (χ3v) is 12.1. The Morgan fingerprint density at radius 3 is 1.39 bits per heavy atom. The van der Waals surface area contributed by atoms with Crippen LogP contribution in [0.1, 0.15) is 181 Å². The number of hydrogen-bond donors (Lipinski definition) is 6. The van der Waals surface area contributed by atoms with E-state index in [2.05, 4.69) is 62.5 Å². The Balaban J connectivity index is 2.39. The molecule has 64 heavy (non-hydrogen) atoms. The Morgan fingerprint density at radius 2 is 0.922 bits per heavy atom. The number of ether oxygens (including phenoxy) is 2. The van der Waals surface area contributed by atoms with E-state index in [0.717, 1.165) is 51.4 Å². The van der Waals surface area contributed by atoms with E-state index in [1.165, 1.54) is 103 Å². The van der Waals surface area contributed by atoms with Crippen LogP contribution in [0.4, 0.5) is 0 Å². The molecule has 0 bridgehead atoms. The van der Waals surface area contributed by atoms with Crippen molar-refractivity contribution in [3.05, 3.63) is 72.9 Å². The molecule has 0 amide bonds. The highest BCUT2D eigenvalue weighted by Crippen LogP contribution is 2.47. The molecule has 0 saturated heterocycles. The van der Waals surface area contributed by atoms with Gasteiger partial charge in [-0.05, 0) is 64.2 Å². The minimum Gasteiger partial charge on any atom is -0.457 e. The Kier molecular flexibility index (Phi) is 38.3. The number of carbonyl (C=O) groups excluding carboxylic acids is 1. The lowest BCUT2D eigenvalue weighted by atomic mass is 9.85. The maximum atomic E-state index is 12.8. The standard InChI is InChI=1S/C51H89O12P/c1-3-5-7-9-11-13-15-17-19-20-21-22-23-24-25-27-29-31-33-35-37-39-41-60-42-44(43-61-64(58,59)63-51-49(56)47(54)46(53)48(55)50(51)57)62-45(52)40-38-36-34-32-30-28-26-18-16-14-12-10-8-6-4-2/h6,8,12,14,18,20-21,26,30,32,36,38,44,46-51,53-57H,3-5,7,9-11,13,15-17,19,22-25,27-29,31,33-35,37,39-43H2,1-2H3,(H,58,59)/b8-6-,14-12-,21-20-,26-18-,32-30-,38-36-. The summed E-state index contributed by atoms with van der Waals surface area (Å²) >= 11 is 0. The van der Waals surface area contributed by atoms with Crippen LogP contribution in [-0.4, -0.2) is 98.9 Å². The van der Waals surface area contributed by atoms with Gasteiger partial charge in [0.25, 0.3) is 0 Å². The maximum absolute atomic E-state index is 12.8. The van der Waals surface area contributed by atoms with Crippen molar-refractivity contribution >= 4 is 13.8 Å². The third kappa shape index (κ3) is 32.5. The molecule has 0 aromatic rings. The molecule has 370 valence electrons. The van der Waals surface area contributed by atoms with E-state index in [1.54, 1.807) is 6.08 Å². The fraction of sp³-hybridized carbons (Fsp3) is 0.745. The van der Waals surface area contributed by atoms with Gasteiger partial charge in [0.15, 0.2) is 0 Å². The summed E-state index contributed by atoms with van der Waals surface area (Å²) in [4.78, 5) is 23.1. The number of hydrogen-bond acceptors (Lipinski definition) is 11. The molecule has 1 fully saturated rings. The predicted molar refractivity (Wildman–Crippen MR) is 258 cm³/mol. The SMILES string of the molecule is CC/C=C\C/C=C\C/C=C\C/C=C\C/C=C\CC(=O)OC(COCCCCCCCCCCCC/C=C\CCCCCCCCCC)COP(=O)(O)OC1C(O)C(O)C(O)C(O)C1O. The monoisotopic (exact) mass is 925 g/mol. The van der Waals surface area contributed by atoms with Gasteiger partial charge in [0.2, 0.25) is 0 Å². The fourth-order valence-electron chi connectivity index (χ4n) is 7.19. The first-order chi connectivity index (χ1) is 31.0. The first-order valence-electron chi connectivity index (χ1n) is 24.8. The molecule has 0 heterocycles.